The number of rotatable bonds is 50. The number of esters is 1. The minimum atomic E-state index is -0.805. The van der Waals surface area contributed by atoms with Gasteiger partial charge in [0.1, 0.15) is 6.10 Å². The smallest absolute Gasteiger partial charge is 0.306 e. The van der Waals surface area contributed by atoms with Gasteiger partial charge in [0.25, 0.3) is 0 Å². The van der Waals surface area contributed by atoms with Crippen LogP contribution in [0, 0.1) is 0 Å². The van der Waals surface area contributed by atoms with Crippen LogP contribution in [0.4, 0.5) is 0 Å². The molecule has 6 nitrogen and oxygen atoms in total. The van der Waals surface area contributed by atoms with Crippen molar-refractivity contribution in [2.75, 3.05) is 6.61 Å². The lowest BCUT2D eigenvalue weighted by molar-refractivity contribution is -0.151. The van der Waals surface area contributed by atoms with Gasteiger partial charge in [-0.05, 0) is 103 Å². The minimum Gasteiger partial charge on any atom is -0.462 e. The number of ether oxygens (including phenoxy) is 1. The SMILES string of the molecule is CCCCC/C=C\C/C=C\C/C=C\CCCCCCC(=O)OC(CCCC/C=C\C/C=C\C/C=C\CCCCC)CC(=O)NC(CO)C(O)CCCCCCCCCCCCCCCCC. The monoisotopic (exact) mass is 922 g/mol. The molecule has 0 aliphatic heterocycles. The van der Waals surface area contributed by atoms with Crippen LogP contribution in [0.25, 0.3) is 0 Å². The summed E-state index contributed by atoms with van der Waals surface area (Å²) in [6.07, 6.45) is 68.2. The van der Waals surface area contributed by atoms with Crippen molar-refractivity contribution in [3.05, 3.63) is 72.9 Å². The molecule has 0 saturated carbocycles. The van der Waals surface area contributed by atoms with Gasteiger partial charge in [-0.15, -0.1) is 0 Å². The first-order valence-corrected chi connectivity index (χ1v) is 28.2. The van der Waals surface area contributed by atoms with Gasteiger partial charge in [0, 0.05) is 6.42 Å². The fourth-order valence-electron chi connectivity index (χ4n) is 8.21. The molecule has 66 heavy (non-hydrogen) atoms. The molecule has 0 aromatic heterocycles. The second kappa shape index (κ2) is 53.3. The standard InChI is InChI=1S/C60H107NO5/c1-4-7-10-13-16-19-22-25-28-29-32-35-38-41-44-47-50-53-60(65)66-56(51-48-45-42-39-36-33-30-26-23-20-17-14-11-8-5-2)54-59(64)61-57(55-62)58(63)52-49-46-43-40-37-34-31-27-24-21-18-15-12-9-6-3/h16-17,19-20,25-26,28,30,32,35-36,39,56-58,62-63H,4-15,18,21-24,27,29,31,33-34,37-38,40-55H2,1-3H3,(H,61,64)/b19-16-,20-17-,28-25-,30-26-,35-32-,39-36-. The van der Waals surface area contributed by atoms with Gasteiger partial charge >= 0.3 is 5.97 Å². The molecule has 0 aromatic rings. The first-order chi connectivity index (χ1) is 32.5. The Bertz CT molecular complexity index is 1220. The fraction of sp³-hybridized carbons (Fsp3) is 0.767. The Morgan fingerprint density at radius 3 is 1.21 bits per heavy atom. The van der Waals surface area contributed by atoms with E-state index in [4.69, 9.17) is 4.74 Å². The molecule has 0 radical (unpaired) electrons. The molecule has 382 valence electrons. The van der Waals surface area contributed by atoms with Crippen LogP contribution in [0.1, 0.15) is 271 Å². The van der Waals surface area contributed by atoms with Gasteiger partial charge in [-0.25, -0.2) is 0 Å². The predicted molar refractivity (Wildman–Crippen MR) is 287 cm³/mol. The summed E-state index contributed by atoms with van der Waals surface area (Å²) >= 11 is 0. The Morgan fingerprint density at radius 1 is 0.439 bits per heavy atom. The lowest BCUT2D eigenvalue weighted by Gasteiger charge is -2.24. The largest absolute Gasteiger partial charge is 0.462 e. The molecule has 0 aromatic carbocycles. The number of amides is 1. The summed E-state index contributed by atoms with van der Waals surface area (Å²) in [5.41, 5.74) is 0. The Kier molecular flexibility index (Phi) is 51.1. The second-order valence-electron chi connectivity index (χ2n) is 19.0. The molecule has 0 heterocycles. The quantitative estimate of drug-likeness (QED) is 0.0321. The van der Waals surface area contributed by atoms with Crippen molar-refractivity contribution in [2.45, 2.75) is 289 Å². The van der Waals surface area contributed by atoms with E-state index in [9.17, 15) is 19.8 Å². The number of allylic oxidation sites excluding steroid dienone is 12. The summed E-state index contributed by atoms with van der Waals surface area (Å²) in [5.74, 6) is -0.534. The van der Waals surface area contributed by atoms with Gasteiger partial charge < -0.3 is 20.3 Å². The molecule has 0 saturated heterocycles. The van der Waals surface area contributed by atoms with Gasteiger partial charge in [-0.1, -0.05) is 229 Å². The number of aliphatic hydroxyl groups is 2. The van der Waals surface area contributed by atoms with E-state index in [-0.39, 0.29) is 24.9 Å². The number of carbonyl (C=O) groups excluding carboxylic acids is 2. The normalized spacial score (nSPS) is 13.7. The average Bonchev–Trinajstić information content (AvgIpc) is 3.31. The molecule has 0 bridgehead atoms. The minimum absolute atomic E-state index is 0.0405. The molecule has 0 fully saturated rings. The van der Waals surface area contributed by atoms with Crippen LogP contribution in [0.15, 0.2) is 72.9 Å². The number of aliphatic hydroxyl groups excluding tert-OH is 2. The molecule has 3 unspecified atom stereocenters. The summed E-state index contributed by atoms with van der Waals surface area (Å²) in [5, 5.41) is 23.8. The van der Waals surface area contributed by atoms with Crippen LogP contribution in [-0.2, 0) is 14.3 Å². The number of hydrogen-bond donors (Lipinski definition) is 3. The maximum Gasteiger partial charge on any atom is 0.306 e. The first kappa shape index (κ1) is 63.3. The van der Waals surface area contributed by atoms with E-state index in [0.29, 0.717) is 19.3 Å². The third kappa shape index (κ3) is 47.8. The average molecular weight is 923 g/mol. The summed E-state index contributed by atoms with van der Waals surface area (Å²) in [4.78, 5) is 26.2. The van der Waals surface area contributed by atoms with E-state index in [0.717, 1.165) is 96.3 Å². The second-order valence-corrected chi connectivity index (χ2v) is 19.0. The van der Waals surface area contributed by atoms with Gasteiger partial charge in [-0.3, -0.25) is 9.59 Å². The molecule has 3 atom stereocenters. The molecule has 0 rings (SSSR count). The van der Waals surface area contributed by atoms with E-state index in [1.165, 1.54) is 128 Å². The lowest BCUT2D eigenvalue weighted by atomic mass is 10.0. The highest BCUT2D eigenvalue weighted by atomic mass is 16.5. The van der Waals surface area contributed by atoms with Gasteiger partial charge in [0.05, 0.1) is 25.2 Å². The molecule has 0 aliphatic carbocycles. The van der Waals surface area contributed by atoms with E-state index in [1.54, 1.807) is 0 Å². The van der Waals surface area contributed by atoms with Crippen LogP contribution >= 0.6 is 0 Å². The van der Waals surface area contributed by atoms with Crippen LogP contribution in [0.2, 0.25) is 0 Å². The summed E-state index contributed by atoms with van der Waals surface area (Å²) < 4.78 is 5.93. The lowest BCUT2D eigenvalue weighted by Crippen LogP contribution is -2.46. The van der Waals surface area contributed by atoms with Crippen molar-refractivity contribution in [3.8, 4) is 0 Å². The van der Waals surface area contributed by atoms with E-state index in [1.807, 2.05) is 0 Å². The Labute approximate surface area is 409 Å². The zero-order chi connectivity index (χ0) is 48.1. The zero-order valence-electron chi connectivity index (χ0n) is 43.6. The van der Waals surface area contributed by atoms with Gasteiger partial charge in [0.15, 0.2) is 0 Å². The topological polar surface area (TPSA) is 95.9 Å². The summed E-state index contributed by atoms with van der Waals surface area (Å²) in [6, 6.07) is -0.722. The van der Waals surface area contributed by atoms with Gasteiger partial charge in [-0.2, -0.15) is 0 Å². The van der Waals surface area contributed by atoms with Crippen LogP contribution in [0.3, 0.4) is 0 Å². The van der Waals surface area contributed by atoms with Crippen molar-refractivity contribution in [1.29, 1.82) is 0 Å². The van der Waals surface area contributed by atoms with Crippen LogP contribution < -0.4 is 5.32 Å². The fourth-order valence-corrected chi connectivity index (χ4v) is 8.21. The van der Waals surface area contributed by atoms with Crippen molar-refractivity contribution in [1.82, 2.24) is 5.32 Å². The number of carbonyl (C=O) groups is 2. The van der Waals surface area contributed by atoms with Crippen molar-refractivity contribution >= 4 is 11.9 Å². The third-order valence-electron chi connectivity index (χ3n) is 12.5. The predicted octanol–water partition coefficient (Wildman–Crippen LogP) is 17.3. The van der Waals surface area contributed by atoms with E-state index >= 15 is 0 Å². The summed E-state index contributed by atoms with van der Waals surface area (Å²) in [7, 11) is 0. The number of hydrogen-bond acceptors (Lipinski definition) is 5. The summed E-state index contributed by atoms with van der Waals surface area (Å²) in [6.45, 7) is 6.43. The van der Waals surface area contributed by atoms with Crippen LogP contribution in [-0.4, -0.2) is 46.9 Å². The maximum absolute atomic E-state index is 13.2. The Hall–Kier alpha value is -2.70. The van der Waals surface area contributed by atoms with Crippen molar-refractivity contribution in [2.24, 2.45) is 0 Å². The highest BCUT2D eigenvalue weighted by Crippen LogP contribution is 2.17. The number of nitrogens with one attached hydrogen (secondary N) is 1. The molecular weight excluding hydrogens is 815 g/mol. The molecule has 3 N–H and O–H groups in total. The first-order valence-electron chi connectivity index (χ1n) is 28.2. The maximum atomic E-state index is 13.2. The zero-order valence-corrected chi connectivity index (χ0v) is 43.6. The van der Waals surface area contributed by atoms with Crippen molar-refractivity contribution in [3.63, 3.8) is 0 Å². The van der Waals surface area contributed by atoms with E-state index < -0.39 is 18.2 Å². The highest BCUT2D eigenvalue weighted by molar-refractivity contribution is 5.77. The molecular formula is C60H107NO5. The molecule has 6 heteroatoms. The number of unbranched alkanes of at least 4 members (excludes halogenated alkanes) is 26. The van der Waals surface area contributed by atoms with E-state index in [2.05, 4.69) is 99.0 Å². The molecule has 1 amide bonds. The van der Waals surface area contributed by atoms with Crippen LogP contribution in [0.5, 0.6) is 0 Å². The molecule has 0 spiro atoms. The van der Waals surface area contributed by atoms with Crippen molar-refractivity contribution < 1.29 is 24.5 Å². The highest BCUT2D eigenvalue weighted by Gasteiger charge is 2.24. The molecule has 0 aliphatic rings. The Balaban J connectivity index is 4.66. The van der Waals surface area contributed by atoms with Gasteiger partial charge in [0.2, 0.25) is 5.91 Å². The third-order valence-corrected chi connectivity index (χ3v) is 12.5. The Morgan fingerprint density at radius 2 is 0.773 bits per heavy atom.